The third-order valence-corrected chi connectivity index (χ3v) is 9.03. The van der Waals surface area contributed by atoms with Gasteiger partial charge in [0.15, 0.2) is 0 Å². The highest BCUT2D eigenvalue weighted by Gasteiger charge is 2.34. The van der Waals surface area contributed by atoms with Crippen LogP contribution in [0.2, 0.25) is 0 Å². The molecule has 48 heavy (non-hydrogen) atoms. The molecule has 1 aromatic heterocycles. The minimum absolute atomic E-state index is 0.00558. The smallest absolute Gasteiger partial charge is 0.305 e. The van der Waals surface area contributed by atoms with Crippen molar-refractivity contribution in [1.29, 1.82) is 0 Å². The Hall–Kier alpha value is -4.16. The van der Waals surface area contributed by atoms with Gasteiger partial charge in [-0.15, -0.1) is 0 Å². The summed E-state index contributed by atoms with van der Waals surface area (Å²) in [6, 6.07) is 10.4. The Bertz CT molecular complexity index is 1620. The summed E-state index contributed by atoms with van der Waals surface area (Å²) in [6.07, 6.45) is 2.38. The van der Waals surface area contributed by atoms with E-state index in [1.165, 1.54) is 36.2 Å². The number of allylic oxidation sites excluding steroid dienone is 2. The minimum Gasteiger partial charge on any atom is -0.508 e. The summed E-state index contributed by atoms with van der Waals surface area (Å²) in [5.74, 6) is -2.81. The Morgan fingerprint density at radius 2 is 1.60 bits per heavy atom. The number of carboxylic acid groups (broad SMARTS) is 1. The molecule has 6 N–H and O–H groups in total. The standard InChI is InChI=1S/C36H47BrN4O7/c1-20(15-21(2)17-23(4)42)16-22(3)34(46)38-24(5)36(48)41(6)31(18-28-27-9-7-8-10-29(27)39-33(28)37)35(47)40-30(19-32(44)45)25-11-13-26(43)14-12-25/h7-15,21-24,30-31,39,42-43H,16-19H2,1-6H3,(H,38,46)(H,40,47)(H,44,45)/b20-15+/t21-,22-,23-,24-,30+,31+/m0/s1. The van der Waals surface area contributed by atoms with Crippen LogP contribution in [0.25, 0.3) is 10.9 Å². The summed E-state index contributed by atoms with van der Waals surface area (Å²) in [7, 11) is 1.49. The van der Waals surface area contributed by atoms with Crippen LogP contribution < -0.4 is 10.6 Å². The first-order chi connectivity index (χ1) is 22.6. The third kappa shape index (κ3) is 10.7. The molecule has 0 saturated heterocycles. The van der Waals surface area contributed by atoms with Gasteiger partial charge in [0.05, 0.1) is 23.2 Å². The quantitative estimate of drug-likeness (QED) is 0.110. The molecule has 0 aliphatic heterocycles. The third-order valence-electron chi connectivity index (χ3n) is 8.35. The maximum atomic E-state index is 14.0. The number of aliphatic carboxylic acids is 1. The van der Waals surface area contributed by atoms with Crippen molar-refractivity contribution >= 4 is 50.5 Å². The topological polar surface area (TPSA) is 172 Å². The van der Waals surface area contributed by atoms with E-state index in [4.69, 9.17) is 0 Å². The molecule has 0 spiro atoms. The maximum Gasteiger partial charge on any atom is 0.305 e. The number of amides is 3. The van der Waals surface area contributed by atoms with Crippen LogP contribution in [0.4, 0.5) is 0 Å². The number of H-pyrrole nitrogens is 1. The number of nitrogens with zero attached hydrogens (tertiary/aromatic N) is 1. The van der Waals surface area contributed by atoms with Crippen molar-refractivity contribution in [3.8, 4) is 5.75 Å². The first-order valence-corrected chi connectivity index (χ1v) is 16.8. The van der Waals surface area contributed by atoms with Gasteiger partial charge in [-0.3, -0.25) is 19.2 Å². The average Bonchev–Trinajstić information content (AvgIpc) is 3.32. The number of fused-ring (bicyclic) bond motifs is 1. The van der Waals surface area contributed by atoms with E-state index in [-0.39, 0.29) is 24.0 Å². The van der Waals surface area contributed by atoms with Gasteiger partial charge in [0.1, 0.15) is 17.8 Å². The number of nitrogens with one attached hydrogen (secondary N) is 3. The van der Waals surface area contributed by atoms with Gasteiger partial charge >= 0.3 is 5.97 Å². The monoisotopic (exact) mass is 726 g/mol. The van der Waals surface area contributed by atoms with Crippen molar-refractivity contribution in [2.45, 2.75) is 84.5 Å². The second-order valence-corrected chi connectivity index (χ2v) is 13.6. The van der Waals surface area contributed by atoms with E-state index < -0.39 is 54.4 Å². The van der Waals surface area contributed by atoms with Crippen molar-refractivity contribution in [3.63, 3.8) is 0 Å². The molecule has 11 nitrogen and oxygen atoms in total. The number of hydrogen-bond donors (Lipinski definition) is 6. The molecule has 0 saturated carbocycles. The number of likely N-dealkylation sites (N-methyl/N-ethyl adjacent to an activating group) is 1. The zero-order valence-corrected chi connectivity index (χ0v) is 29.9. The van der Waals surface area contributed by atoms with Crippen LogP contribution in [-0.4, -0.2) is 74.1 Å². The average molecular weight is 728 g/mol. The number of aliphatic hydroxyl groups excluding tert-OH is 1. The van der Waals surface area contributed by atoms with E-state index >= 15 is 0 Å². The molecule has 0 radical (unpaired) electrons. The number of hydrogen-bond acceptors (Lipinski definition) is 6. The molecule has 3 rings (SSSR count). The Morgan fingerprint density at radius 3 is 2.23 bits per heavy atom. The fraction of sp³-hybridized carbons (Fsp3) is 0.444. The molecule has 0 fully saturated rings. The number of phenolic OH excluding ortho intramolecular Hbond substituents is 1. The number of halogens is 1. The van der Waals surface area contributed by atoms with Gasteiger partial charge in [0.2, 0.25) is 17.7 Å². The lowest BCUT2D eigenvalue weighted by atomic mass is 9.95. The number of aliphatic hydroxyl groups is 1. The van der Waals surface area contributed by atoms with Crippen molar-refractivity contribution in [3.05, 3.63) is 75.9 Å². The van der Waals surface area contributed by atoms with Crippen molar-refractivity contribution in [2.75, 3.05) is 7.05 Å². The van der Waals surface area contributed by atoms with Gasteiger partial charge in [-0.05, 0) is 84.8 Å². The largest absolute Gasteiger partial charge is 0.508 e. The zero-order valence-electron chi connectivity index (χ0n) is 28.3. The molecule has 2 aromatic carbocycles. The van der Waals surface area contributed by atoms with Gasteiger partial charge in [0, 0.05) is 30.3 Å². The molecule has 0 aliphatic rings. The number of para-hydroxylation sites is 1. The Morgan fingerprint density at radius 1 is 0.958 bits per heavy atom. The number of carboxylic acids is 1. The Balaban J connectivity index is 1.85. The van der Waals surface area contributed by atoms with E-state index in [9.17, 15) is 34.5 Å². The number of benzene rings is 2. The van der Waals surface area contributed by atoms with Crippen LogP contribution in [-0.2, 0) is 25.6 Å². The molecule has 0 unspecified atom stereocenters. The first-order valence-electron chi connectivity index (χ1n) is 16.1. The van der Waals surface area contributed by atoms with E-state index in [0.717, 1.165) is 22.0 Å². The highest BCUT2D eigenvalue weighted by Crippen LogP contribution is 2.29. The lowest BCUT2D eigenvalue weighted by molar-refractivity contribution is -0.142. The van der Waals surface area contributed by atoms with Crippen molar-refractivity contribution < 1.29 is 34.5 Å². The fourth-order valence-electron chi connectivity index (χ4n) is 5.98. The van der Waals surface area contributed by atoms with Gasteiger partial charge in [0.25, 0.3) is 0 Å². The number of aromatic hydroxyl groups is 1. The molecular formula is C36H47BrN4O7. The molecule has 1 heterocycles. The number of aromatic nitrogens is 1. The lowest BCUT2D eigenvalue weighted by Gasteiger charge is -2.31. The first kappa shape index (κ1) is 38.3. The number of aromatic amines is 1. The molecule has 0 aliphatic carbocycles. The summed E-state index contributed by atoms with van der Waals surface area (Å²) in [4.78, 5) is 57.3. The number of carbonyl (C=O) groups excluding carboxylic acids is 3. The van der Waals surface area contributed by atoms with E-state index in [0.29, 0.717) is 23.0 Å². The summed E-state index contributed by atoms with van der Waals surface area (Å²) in [5, 5.41) is 35.5. The van der Waals surface area contributed by atoms with E-state index in [2.05, 4.69) is 31.5 Å². The zero-order chi connectivity index (χ0) is 35.7. The van der Waals surface area contributed by atoms with Gasteiger partial charge in [-0.25, -0.2) is 0 Å². The van der Waals surface area contributed by atoms with E-state index in [1.807, 2.05) is 44.2 Å². The molecule has 3 amide bonds. The Kier molecular flexibility index (Phi) is 13.8. The molecule has 260 valence electrons. The molecular weight excluding hydrogens is 680 g/mol. The second-order valence-electron chi connectivity index (χ2n) is 12.8. The maximum absolute atomic E-state index is 14.0. The van der Waals surface area contributed by atoms with Crippen molar-refractivity contribution in [2.24, 2.45) is 11.8 Å². The predicted molar refractivity (Wildman–Crippen MR) is 188 cm³/mol. The predicted octanol–water partition coefficient (Wildman–Crippen LogP) is 5.22. The van der Waals surface area contributed by atoms with Gasteiger partial charge in [-0.2, -0.15) is 0 Å². The van der Waals surface area contributed by atoms with Crippen LogP contribution in [0.1, 0.15) is 71.0 Å². The van der Waals surface area contributed by atoms with Gasteiger partial charge in [-0.1, -0.05) is 55.8 Å². The number of carbonyl (C=O) groups is 4. The van der Waals surface area contributed by atoms with Crippen LogP contribution in [0.3, 0.4) is 0 Å². The van der Waals surface area contributed by atoms with Gasteiger partial charge < -0.3 is 35.8 Å². The molecule has 0 bridgehead atoms. The Labute approximate surface area is 289 Å². The number of rotatable bonds is 16. The minimum atomic E-state index is -1.14. The molecule has 12 heteroatoms. The molecule has 3 aromatic rings. The molecule has 6 atom stereocenters. The normalized spacial score (nSPS) is 15.5. The van der Waals surface area contributed by atoms with Crippen LogP contribution in [0, 0.1) is 11.8 Å². The highest BCUT2D eigenvalue weighted by atomic mass is 79.9. The summed E-state index contributed by atoms with van der Waals surface area (Å²) >= 11 is 3.56. The second kappa shape index (κ2) is 17.3. The summed E-state index contributed by atoms with van der Waals surface area (Å²) < 4.78 is 0.643. The van der Waals surface area contributed by atoms with E-state index in [1.54, 1.807) is 20.8 Å². The van der Waals surface area contributed by atoms with Crippen LogP contribution >= 0.6 is 15.9 Å². The summed E-state index contributed by atoms with van der Waals surface area (Å²) in [6.45, 7) is 9.03. The highest BCUT2D eigenvalue weighted by molar-refractivity contribution is 9.10. The fourth-order valence-corrected chi connectivity index (χ4v) is 6.57. The van der Waals surface area contributed by atoms with Crippen molar-refractivity contribution in [1.82, 2.24) is 20.5 Å². The number of phenols is 1. The lowest BCUT2D eigenvalue weighted by Crippen LogP contribution is -2.55. The summed E-state index contributed by atoms with van der Waals surface area (Å²) in [5.41, 5.74) is 3.07. The SMILES string of the molecule is C/C(=C\[C@H](C)C[C@H](C)O)C[C@H](C)C(=O)N[C@@H](C)C(=O)N(C)[C@H](Cc1c(Br)[nH]c2ccccc12)C(=O)N[C@H](CC(=O)O)c1ccc(O)cc1. The van der Waals surface area contributed by atoms with Crippen LogP contribution in [0.15, 0.2) is 64.8 Å². The van der Waals surface area contributed by atoms with Crippen LogP contribution in [0.5, 0.6) is 5.75 Å².